The van der Waals surface area contributed by atoms with Crippen molar-refractivity contribution in [3.63, 3.8) is 0 Å². The van der Waals surface area contributed by atoms with Crippen LogP contribution in [0.15, 0.2) is 0 Å². The number of carbonyl (C=O) groups excluding carboxylic acids is 1. The van der Waals surface area contributed by atoms with Crippen molar-refractivity contribution in [2.45, 2.75) is 25.7 Å². The van der Waals surface area contributed by atoms with Gasteiger partial charge in [-0.1, -0.05) is 12.8 Å². The van der Waals surface area contributed by atoms with Gasteiger partial charge in [0.25, 0.3) is 0 Å². The van der Waals surface area contributed by atoms with Crippen LogP contribution < -0.4 is 0 Å². The molecule has 186 valence electrons. The summed E-state index contributed by atoms with van der Waals surface area (Å²) in [7, 11) is 1.32. The van der Waals surface area contributed by atoms with Crippen molar-refractivity contribution < 1.29 is 42.7 Å². The standard InChI is InChI=1S/C21H41ClO9/c1-24-21(23)20-31-19-18-30-17-16-29-15-14-28-13-12-27-11-10-26-9-8-25-7-5-3-2-4-6-22/h2-20H2,1H3. The smallest absolute Gasteiger partial charge is 0.331 e. The van der Waals surface area contributed by atoms with Gasteiger partial charge in [0.2, 0.25) is 0 Å². The van der Waals surface area contributed by atoms with Crippen molar-refractivity contribution in [1.82, 2.24) is 0 Å². The van der Waals surface area contributed by atoms with E-state index < -0.39 is 5.97 Å². The van der Waals surface area contributed by atoms with Crippen molar-refractivity contribution in [2.75, 3.05) is 105 Å². The van der Waals surface area contributed by atoms with Crippen LogP contribution in [0.25, 0.3) is 0 Å². The average molecular weight is 473 g/mol. The molecule has 9 nitrogen and oxygen atoms in total. The Morgan fingerprint density at radius 2 is 0.871 bits per heavy atom. The second kappa shape index (κ2) is 27.5. The van der Waals surface area contributed by atoms with Gasteiger partial charge in [-0.05, 0) is 12.8 Å². The zero-order valence-corrected chi connectivity index (χ0v) is 19.7. The Balaban J connectivity index is 3.01. The van der Waals surface area contributed by atoms with Crippen LogP contribution in [0.1, 0.15) is 25.7 Å². The van der Waals surface area contributed by atoms with Gasteiger partial charge in [0.1, 0.15) is 6.61 Å². The normalized spacial score (nSPS) is 11.2. The third kappa shape index (κ3) is 27.4. The summed E-state index contributed by atoms with van der Waals surface area (Å²) in [5, 5.41) is 0. The first kappa shape index (κ1) is 30.5. The number of hydrogen-bond donors (Lipinski definition) is 0. The van der Waals surface area contributed by atoms with Gasteiger partial charge < -0.3 is 37.9 Å². The second-order valence-corrected chi connectivity index (χ2v) is 6.78. The first-order valence-electron chi connectivity index (χ1n) is 11.0. The Bertz CT molecular complexity index is 362. The van der Waals surface area contributed by atoms with Gasteiger partial charge in [-0.3, -0.25) is 0 Å². The maximum absolute atomic E-state index is 10.8. The van der Waals surface area contributed by atoms with Crippen LogP contribution in [-0.4, -0.2) is 111 Å². The maximum Gasteiger partial charge on any atom is 0.331 e. The highest BCUT2D eigenvalue weighted by Crippen LogP contribution is 2.01. The molecular weight excluding hydrogens is 432 g/mol. The molecule has 0 saturated heterocycles. The molecule has 0 aromatic heterocycles. The third-order valence-corrected chi connectivity index (χ3v) is 4.12. The zero-order valence-electron chi connectivity index (χ0n) is 19.0. The Hall–Kier alpha value is -0.520. The summed E-state index contributed by atoms with van der Waals surface area (Å²) < 4.78 is 41.9. The molecule has 0 atom stereocenters. The van der Waals surface area contributed by atoms with Gasteiger partial charge in [0.05, 0.1) is 86.4 Å². The lowest BCUT2D eigenvalue weighted by Crippen LogP contribution is -2.15. The fourth-order valence-electron chi connectivity index (χ4n) is 2.19. The number of carbonyl (C=O) groups is 1. The number of ether oxygens (including phenoxy) is 8. The molecule has 31 heavy (non-hydrogen) atoms. The lowest BCUT2D eigenvalue weighted by atomic mass is 10.2. The van der Waals surface area contributed by atoms with E-state index in [9.17, 15) is 4.79 Å². The molecule has 0 radical (unpaired) electrons. The van der Waals surface area contributed by atoms with E-state index >= 15 is 0 Å². The summed E-state index contributed by atoms with van der Waals surface area (Å²) in [6.45, 7) is 6.75. The first-order valence-corrected chi connectivity index (χ1v) is 11.5. The molecular formula is C21H41ClO9. The molecule has 0 bridgehead atoms. The van der Waals surface area contributed by atoms with Gasteiger partial charge in [-0.2, -0.15) is 0 Å². The van der Waals surface area contributed by atoms with Crippen molar-refractivity contribution in [3.05, 3.63) is 0 Å². The third-order valence-electron chi connectivity index (χ3n) is 3.85. The average Bonchev–Trinajstić information content (AvgIpc) is 2.78. The molecule has 0 aliphatic rings. The van der Waals surface area contributed by atoms with Crippen LogP contribution in [0.2, 0.25) is 0 Å². The molecule has 0 heterocycles. The highest BCUT2D eigenvalue weighted by Gasteiger charge is 1.99. The van der Waals surface area contributed by atoms with E-state index in [1.807, 2.05) is 0 Å². The molecule has 0 aromatic rings. The second-order valence-electron chi connectivity index (χ2n) is 6.41. The number of alkyl halides is 1. The summed E-state index contributed by atoms with van der Waals surface area (Å²) in [6, 6.07) is 0. The van der Waals surface area contributed by atoms with Crippen LogP contribution >= 0.6 is 11.6 Å². The summed E-state index contributed by atoms with van der Waals surface area (Å²) in [6.07, 6.45) is 4.50. The van der Waals surface area contributed by atoms with Crippen molar-refractivity contribution in [3.8, 4) is 0 Å². The fraction of sp³-hybridized carbons (Fsp3) is 0.952. The molecule has 0 aromatic carbocycles. The predicted molar refractivity (Wildman–Crippen MR) is 117 cm³/mol. The SMILES string of the molecule is COC(=O)COCCOCCOCCOCCOCCOCCOCCCCCCCl. The Morgan fingerprint density at radius 3 is 1.26 bits per heavy atom. The van der Waals surface area contributed by atoms with E-state index in [4.69, 9.17) is 44.8 Å². The summed E-state index contributed by atoms with van der Waals surface area (Å²) in [5.41, 5.74) is 0. The summed E-state index contributed by atoms with van der Waals surface area (Å²) in [5.74, 6) is 0.344. The zero-order chi connectivity index (χ0) is 22.7. The minimum absolute atomic E-state index is 0.0597. The van der Waals surface area contributed by atoms with E-state index in [-0.39, 0.29) is 6.61 Å². The van der Waals surface area contributed by atoms with E-state index in [0.717, 1.165) is 25.3 Å². The molecule has 0 N–H and O–H groups in total. The number of methoxy groups -OCH3 is 1. The summed E-state index contributed by atoms with van der Waals surface area (Å²) in [4.78, 5) is 10.8. The van der Waals surface area contributed by atoms with E-state index in [1.165, 1.54) is 20.0 Å². The molecule has 0 aliphatic carbocycles. The Labute approximate surface area is 191 Å². The van der Waals surface area contributed by atoms with Gasteiger partial charge in [0.15, 0.2) is 0 Å². The maximum atomic E-state index is 10.8. The minimum Gasteiger partial charge on any atom is -0.467 e. The largest absolute Gasteiger partial charge is 0.467 e. The predicted octanol–water partition coefficient (Wildman–Crippen LogP) is 2.07. The molecule has 10 heteroatoms. The van der Waals surface area contributed by atoms with Crippen LogP contribution in [-0.2, 0) is 42.7 Å². The molecule has 0 fully saturated rings. The monoisotopic (exact) mass is 472 g/mol. The van der Waals surface area contributed by atoms with E-state index in [2.05, 4.69) is 4.74 Å². The number of hydrogen-bond acceptors (Lipinski definition) is 9. The Kier molecular flexibility index (Phi) is 27.1. The molecule has 0 amide bonds. The van der Waals surface area contributed by atoms with E-state index in [0.29, 0.717) is 79.3 Å². The highest BCUT2D eigenvalue weighted by molar-refractivity contribution is 6.17. The lowest BCUT2D eigenvalue weighted by Gasteiger charge is -2.08. The van der Waals surface area contributed by atoms with Crippen molar-refractivity contribution in [1.29, 1.82) is 0 Å². The number of unbranched alkanes of at least 4 members (excludes halogenated alkanes) is 3. The van der Waals surface area contributed by atoms with Crippen molar-refractivity contribution in [2.24, 2.45) is 0 Å². The van der Waals surface area contributed by atoms with Gasteiger partial charge in [-0.25, -0.2) is 4.79 Å². The topological polar surface area (TPSA) is 90.9 Å². The first-order chi connectivity index (χ1) is 15.3. The fourth-order valence-corrected chi connectivity index (χ4v) is 2.38. The molecule has 0 unspecified atom stereocenters. The number of rotatable bonds is 26. The van der Waals surface area contributed by atoms with Crippen LogP contribution in [0.4, 0.5) is 0 Å². The van der Waals surface area contributed by atoms with Gasteiger partial charge in [-0.15, -0.1) is 11.6 Å². The number of esters is 1. The highest BCUT2D eigenvalue weighted by atomic mass is 35.5. The minimum atomic E-state index is -0.400. The molecule has 0 aliphatic heterocycles. The molecule has 0 saturated carbocycles. The number of halogens is 1. The van der Waals surface area contributed by atoms with Crippen LogP contribution in [0.3, 0.4) is 0 Å². The van der Waals surface area contributed by atoms with Crippen LogP contribution in [0.5, 0.6) is 0 Å². The molecule has 0 rings (SSSR count). The van der Waals surface area contributed by atoms with Crippen molar-refractivity contribution >= 4 is 17.6 Å². The molecule has 0 spiro atoms. The quantitative estimate of drug-likeness (QED) is 0.106. The van der Waals surface area contributed by atoms with Gasteiger partial charge >= 0.3 is 5.97 Å². The lowest BCUT2D eigenvalue weighted by molar-refractivity contribution is -0.146. The Morgan fingerprint density at radius 1 is 0.516 bits per heavy atom. The van der Waals surface area contributed by atoms with E-state index in [1.54, 1.807) is 0 Å². The van der Waals surface area contributed by atoms with Gasteiger partial charge in [0, 0.05) is 12.5 Å². The van der Waals surface area contributed by atoms with Crippen LogP contribution in [0, 0.1) is 0 Å². The summed E-state index contributed by atoms with van der Waals surface area (Å²) >= 11 is 5.63.